The largest absolute Gasteiger partial charge is 0.273 e. The van der Waals surface area contributed by atoms with E-state index in [1.54, 1.807) is 41.0 Å². The molecule has 4 rings (SSSR count). The third-order valence-corrected chi connectivity index (χ3v) is 4.10. The van der Waals surface area contributed by atoms with Gasteiger partial charge in [0.05, 0.1) is 17.3 Å². The molecule has 0 unspecified atom stereocenters. The van der Waals surface area contributed by atoms with Gasteiger partial charge in [-0.3, -0.25) is 14.4 Å². The number of halogens is 1. The fourth-order valence-electron chi connectivity index (χ4n) is 3.01. The van der Waals surface area contributed by atoms with E-state index in [1.165, 1.54) is 6.07 Å². The van der Waals surface area contributed by atoms with Gasteiger partial charge in [0.15, 0.2) is 0 Å². The van der Waals surface area contributed by atoms with Gasteiger partial charge in [0.1, 0.15) is 11.6 Å². The molecule has 1 saturated carbocycles. The number of amides is 1. The van der Waals surface area contributed by atoms with Crippen molar-refractivity contribution in [2.45, 2.75) is 18.3 Å². The second-order valence-electron chi connectivity index (χ2n) is 5.17. The summed E-state index contributed by atoms with van der Waals surface area (Å²) < 4.78 is 15.7. The van der Waals surface area contributed by atoms with Crippen molar-refractivity contribution in [2.24, 2.45) is 7.05 Å². The maximum atomic E-state index is 14.1. The number of nitrogens with zero attached hydrogens (tertiary/aromatic N) is 3. The second kappa shape index (κ2) is 3.23. The predicted octanol–water partition coefficient (Wildman–Crippen LogP) is 2.27. The van der Waals surface area contributed by atoms with E-state index in [-0.39, 0.29) is 11.7 Å². The molecule has 0 atom stereocenters. The first-order valence-corrected chi connectivity index (χ1v) is 6.27. The molecule has 0 N–H and O–H groups in total. The number of fused-ring (bicyclic) bond motifs is 2. The van der Waals surface area contributed by atoms with Crippen LogP contribution in [0, 0.1) is 5.82 Å². The van der Waals surface area contributed by atoms with Crippen LogP contribution >= 0.6 is 0 Å². The van der Waals surface area contributed by atoms with Crippen molar-refractivity contribution in [2.75, 3.05) is 4.90 Å². The van der Waals surface area contributed by atoms with Crippen molar-refractivity contribution >= 4 is 17.4 Å². The number of hydrogen-bond donors (Lipinski definition) is 0. The molecule has 2 aliphatic rings. The lowest BCUT2D eigenvalue weighted by molar-refractivity contribution is -0.119. The summed E-state index contributed by atoms with van der Waals surface area (Å²) in [5, 5.41) is 4.09. The van der Waals surface area contributed by atoms with E-state index in [1.807, 2.05) is 0 Å². The summed E-state index contributed by atoms with van der Waals surface area (Å²) >= 11 is 0. The third kappa shape index (κ3) is 1.17. The van der Waals surface area contributed by atoms with E-state index in [0.717, 1.165) is 12.8 Å². The van der Waals surface area contributed by atoms with E-state index in [0.29, 0.717) is 17.1 Å². The molecule has 1 fully saturated rings. The highest BCUT2D eigenvalue weighted by Gasteiger charge is 2.61. The molecule has 1 amide bonds. The zero-order valence-electron chi connectivity index (χ0n) is 10.4. The minimum Gasteiger partial charge on any atom is -0.273 e. The summed E-state index contributed by atoms with van der Waals surface area (Å²) in [7, 11) is 1.78. The molecule has 19 heavy (non-hydrogen) atoms. The predicted molar refractivity (Wildman–Crippen MR) is 67.7 cm³/mol. The molecular formula is C14H12FN3O. The van der Waals surface area contributed by atoms with Crippen LogP contribution in [-0.4, -0.2) is 15.7 Å². The average Bonchev–Trinajstić information content (AvgIpc) is 3.02. The van der Waals surface area contributed by atoms with Gasteiger partial charge in [-0.25, -0.2) is 4.39 Å². The van der Waals surface area contributed by atoms with Crippen molar-refractivity contribution in [3.05, 3.63) is 41.8 Å². The van der Waals surface area contributed by atoms with Gasteiger partial charge in [0, 0.05) is 18.7 Å². The lowest BCUT2D eigenvalue weighted by atomic mass is 9.97. The molecule has 1 aromatic heterocycles. The summed E-state index contributed by atoms with van der Waals surface area (Å²) in [6.45, 7) is 0. The minimum absolute atomic E-state index is 0.0313. The number of rotatable bonds is 1. The lowest BCUT2D eigenvalue weighted by Gasteiger charge is -2.17. The smallest absolute Gasteiger partial charge is 0.243 e. The topological polar surface area (TPSA) is 38.1 Å². The summed E-state index contributed by atoms with van der Waals surface area (Å²) in [6.07, 6.45) is 3.10. The summed E-state index contributed by atoms with van der Waals surface area (Å²) in [5.74, 6) is 0.366. The van der Waals surface area contributed by atoms with Crippen LogP contribution < -0.4 is 4.90 Å². The molecule has 2 heterocycles. The molecule has 0 saturated heterocycles. The lowest BCUT2D eigenvalue weighted by Crippen LogP contribution is -2.29. The van der Waals surface area contributed by atoms with Gasteiger partial charge >= 0.3 is 0 Å². The van der Waals surface area contributed by atoms with Gasteiger partial charge in [-0.05, 0) is 25.0 Å². The van der Waals surface area contributed by atoms with Crippen LogP contribution in [0.3, 0.4) is 0 Å². The van der Waals surface area contributed by atoms with Gasteiger partial charge in [-0.2, -0.15) is 5.10 Å². The van der Waals surface area contributed by atoms with Crippen LogP contribution in [0.2, 0.25) is 0 Å². The zero-order valence-corrected chi connectivity index (χ0v) is 10.4. The van der Waals surface area contributed by atoms with Crippen LogP contribution in [0.4, 0.5) is 15.9 Å². The molecule has 4 nitrogen and oxygen atoms in total. The van der Waals surface area contributed by atoms with Crippen molar-refractivity contribution in [3.8, 4) is 0 Å². The quantitative estimate of drug-likeness (QED) is 0.786. The first-order chi connectivity index (χ1) is 9.15. The molecule has 5 heteroatoms. The van der Waals surface area contributed by atoms with E-state index < -0.39 is 5.41 Å². The van der Waals surface area contributed by atoms with Crippen molar-refractivity contribution in [3.63, 3.8) is 0 Å². The fraction of sp³-hybridized carbons (Fsp3) is 0.286. The van der Waals surface area contributed by atoms with Gasteiger partial charge < -0.3 is 0 Å². The highest BCUT2D eigenvalue weighted by Crippen LogP contribution is 2.59. The Kier molecular flexibility index (Phi) is 1.82. The molecular weight excluding hydrogens is 245 g/mol. The van der Waals surface area contributed by atoms with Crippen molar-refractivity contribution < 1.29 is 9.18 Å². The number of aromatic nitrogens is 2. The Balaban J connectivity index is 1.99. The molecule has 0 bridgehead atoms. The minimum atomic E-state index is -0.620. The van der Waals surface area contributed by atoms with Gasteiger partial charge in [0.2, 0.25) is 5.91 Å². The summed E-state index contributed by atoms with van der Waals surface area (Å²) in [4.78, 5) is 14.3. The van der Waals surface area contributed by atoms with Gasteiger partial charge in [-0.1, -0.05) is 6.07 Å². The molecule has 1 aromatic carbocycles. The summed E-state index contributed by atoms with van der Waals surface area (Å²) in [5.41, 5.74) is 0.595. The zero-order chi connectivity index (χ0) is 13.2. The fourth-order valence-corrected chi connectivity index (χ4v) is 3.01. The van der Waals surface area contributed by atoms with E-state index in [4.69, 9.17) is 0 Å². The normalized spacial score (nSPS) is 19.1. The molecule has 0 radical (unpaired) electrons. The van der Waals surface area contributed by atoms with Crippen LogP contribution in [0.15, 0.2) is 30.5 Å². The molecule has 1 aliphatic carbocycles. The average molecular weight is 257 g/mol. The van der Waals surface area contributed by atoms with Crippen LogP contribution in [0.25, 0.3) is 0 Å². The SMILES string of the molecule is Cn1nccc1N1C(=O)C2(CC2)c2c(F)cccc21. The van der Waals surface area contributed by atoms with Gasteiger partial charge in [-0.15, -0.1) is 0 Å². The number of aryl methyl sites for hydroxylation is 1. The number of carbonyl (C=O) groups excluding carboxylic acids is 1. The Morgan fingerprint density at radius 2 is 2.11 bits per heavy atom. The van der Waals surface area contributed by atoms with E-state index >= 15 is 0 Å². The Bertz CT molecular complexity index is 702. The second-order valence-corrected chi connectivity index (χ2v) is 5.17. The van der Waals surface area contributed by atoms with Crippen LogP contribution in [-0.2, 0) is 17.3 Å². The highest BCUT2D eigenvalue weighted by molar-refractivity contribution is 6.14. The van der Waals surface area contributed by atoms with Gasteiger partial charge in [0.25, 0.3) is 0 Å². The number of carbonyl (C=O) groups is 1. The Labute approximate surface area is 109 Å². The van der Waals surface area contributed by atoms with Crippen LogP contribution in [0.5, 0.6) is 0 Å². The maximum absolute atomic E-state index is 14.1. The highest BCUT2D eigenvalue weighted by atomic mass is 19.1. The summed E-state index contributed by atoms with van der Waals surface area (Å²) in [6, 6.07) is 6.65. The molecule has 1 spiro atoms. The monoisotopic (exact) mass is 257 g/mol. The Morgan fingerprint density at radius 3 is 2.74 bits per heavy atom. The van der Waals surface area contributed by atoms with E-state index in [2.05, 4.69) is 5.10 Å². The number of benzene rings is 1. The molecule has 1 aliphatic heterocycles. The van der Waals surface area contributed by atoms with Crippen molar-refractivity contribution in [1.29, 1.82) is 0 Å². The molecule has 96 valence electrons. The third-order valence-electron chi connectivity index (χ3n) is 4.10. The van der Waals surface area contributed by atoms with Crippen LogP contribution in [0.1, 0.15) is 18.4 Å². The first-order valence-electron chi connectivity index (χ1n) is 6.27. The van der Waals surface area contributed by atoms with E-state index in [9.17, 15) is 9.18 Å². The first kappa shape index (κ1) is 10.7. The maximum Gasteiger partial charge on any atom is 0.243 e. The Hall–Kier alpha value is -2.17. The number of hydrogen-bond acceptors (Lipinski definition) is 2. The standard InChI is InChI=1S/C14H12FN3O/c1-17-11(5-8-16-17)18-10-4-2-3-9(15)12(10)14(6-7-14)13(18)19/h2-5,8H,6-7H2,1H3. The van der Waals surface area contributed by atoms with Crippen molar-refractivity contribution in [1.82, 2.24) is 9.78 Å². The Morgan fingerprint density at radius 1 is 1.32 bits per heavy atom. The molecule has 2 aromatic rings. The number of anilines is 2.